The molecule has 0 N–H and O–H groups in total. The molecule has 6 nitrogen and oxygen atoms in total. The fourth-order valence-corrected chi connectivity index (χ4v) is 4.82. The molecule has 2 aliphatic rings. The summed E-state index contributed by atoms with van der Waals surface area (Å²) in [6.07, 6.45) is 13.3. The van der Waals surface area contributed by atoms with Crippen LogP contribution in [0.1, 0.15) is 45.4 Å². The molecule has 2 heterocycles. The summed E-state index contributed by atoms with van der Waals surface area (Å²) in [6, 6.07) is 1.72. The molecule has 0 aliphatic heterocycles. The lowest BCUT2D eigenvalue weighted by molar-refractivity contribution is 0.279. The summed E-state index contributed by atoms with van der Waals surface area (Å²) in [5.41, 5.74) is 4.38. The topological polar surface area (TPSA) is 66.2 Å². The maximum Gasteiger partial charge on any atom is 0.292 e. The largest absolute Gasteiger partial charge is 0.491 e. The maximum absolute atomic E-state index is 12.2. The minimum absolute atomic E-state index is 0.184. The zero-order valence-electron chi connectivity index (χ0n) is 19.7. The van der Waals surface area contributed by atoms with Gasteiger partial charge in [-0.1, -0.05) is 30.2 Å². The smallest absolute Gasteiger partial charge is 0.292 e. The van der Waals surface area contributed by atoms with Crippen molar-refractivity contribution in [3.05, 3.63) is 57.9 Å². The van der Waals surface area contributed by atoms with E-state index in [2.05, 4.69) is 36.0 Å². The van der Waals surface area contributed by atoms with Crippen LogP contribution in [0.15, 0.2) is 46.6 Å². The zero-order valence-corrected chi connectivity index (χ0v) is 19.7. The average Bonchev–Trinajstić information content (AvgIpc) is 3.16. The molecular weight excluding hydrogens is 402 g/mol. The van der Waals surface area contributed by atoms with Crippen LogP contribution < -0.4 is 15.0 Å². The van der Waals surface area contributed by atoms with Gasteiger partial charge in [0.25, 0.3) is 5.56 Å². The highest BCUT2D eigenvalue weighted by atomic mass is 16.5. The molecule has 0 saturated heterocycles. The summed E-state index contributed by atoms with van der Waals surface area (Å²) in [5.74, 6) is 3.11. The van der Waals surface area contributed by atoms with Crippen LogP contribution in [0.4, 0.5) is 0 Å². The highest BCUT2D eigenvalue weighted by molar-refractivity contribution is 5.68. The van der Waals surface area contributed by atoms with Crippen LogP contribution >= 0.6 is 0 Å². The first-order valence-corrected chi connectivity index (χ1v) is 11.5. The van der Waals surface area contributed by atoms with Crippen LogP contribution in [0.2, 0.25) is 0 Å². The molecule has 3 atom stereocenters. The zero-order chi connectivity index (χ0) is 22.8. The lowest BCUT2D eigenvalue weighted by atomic mass is 10.1. The number of hydrogen-bond acceptors (Lipinski definition) is 5. The van der Waals surface area contributed by atoms with Crippen molar-refractivity contribution >= 4 is 0 Å². The predicted octanol–water partition coefficient (Wildman–Crippen LogP) is 4.87. The SMILES string of the molecule is COc1cc(-c2cnc(C)nc2OCC2C(C)C2/C(C)=C/C=C2CCCC2)cn(C)c1=O. The number of rotatable bonds is 7. The molecule has 2 aromatic rings. The number of aromatic nitrogens is 3. The van der Waals surface area contributed by atoms with Gasteiger partial charge >= 0.3 is 0 Å². The van der Waals surface area contributed by atoms with E-state index in [1.54, 1.807) is 31.1 Å². The normalized spacial score (nSPS) is 22.7. The van der Waals surface area contributed by atoms with E-state index in [1.807, 2.05) is 6.92 Å². The molecule has 0 spiro atoms. The van der Waals surface area contributed by atoms with Gasteiger partial charge in [0.2, 0.25) is 5.88 Å². The van der Waals surface area contributed by atoms with E-state index in [4.69, 9.17) is 9.47 Å². The lowest BCUT2D eigenvalue weighted by Crippen LogP contribution is -2.18. The van der Waals surface area contributed by atoms with Crippen LogP contribution in [0.5, 0.6) is 11.6 Å². The lowest BCUT2D eigenvalue weighted by Gasteiger charge is -2.13. The van der Waals surface area contributed by atoms with Crippen molar-refractivity contribution in [3.63, 3.8) is 0 Å². The van der Waals surface area contributed by atoms with Gasteiger partial charge in [-0.05, 0) is 57.4 Å². The Hall–Kier alpha value is -2.89. The Morgan fingerprint density at radius 1 is 1.31 bits per heavy atom. The van der Waals surface area contributed by atoms with Gasteiger partial charge in [-0.15, -0.1) is 0 Å². The highest BCUT2D eigenvalue weighted by Crippen LogP contribution is 2.51. The molecule has 0 bridgehead atoms. The van der Waals surface area contributed by atoms with Crippen molar-refractivity contribution in [2.24, 2.45) is 24.8 Å². The fourth-order valence-electron chi connectivity index (χ4n) is 4.82. The van der Waals surface area contributed by atoms with E-state index in [9.17, 15) is 4.79 Å². The molecule has 2 aliphatic carbocycles. The number of ether oxygens (including phenoxy) is 2. The molecule has 3 unspecified atom stereocenters. The Morgan fingerprint density at radius 2 is 2.06 bits per heavy atom. The van der Waals surface area contributed by atoms with Crippen LogP contribution in [-0.2, 0) is 7.05 Å². The van der Waals surface area contributed by atoms with Crippen LogP contribution in [0.3, 0.4) is 0 Å². The predicted molar refractivity (Wildman–Crippen MR) is 126 cm³/mol. The molecule has 2 fully saturated rings. The van der Waals surface area contributed by atoms with Crippen LogP contribution in [-0.4, -0.2) is 28.3 Å². The molecule has 0 aromatic carbocycles. The Morgan fingerprint density at radius 3 is 2.78 bits per heavy atom. The molecule has 170 valence electrons. The van der Waals surface area contributed by atoms with E-state index in [0.29, 0.717) is 36.1 Å². The fraction of sp³-hybridized carbons (Fsp3) is 0.500. The van der Waals surface area contributed by atoms with Crippen molar-refractivity contribution in [3.8, 4) is 22.8 Å². The van der Waals surface area contributed by atoms with Crippen LogP contribution in [0.25, 0.3) is 11.1 Å². The standard InChI is InChI=1S/C26H33N3O3/c1-16(10-11-19-8-6-7-9-19)24-17(2)22(24)15-32-25-21(13-27-18(3)28-25)20-12-23(31-5)26(30)29(4)14-20/h10-14,17,22,24H,6-9,15H2,1-5H3/b16-10+. The average molecular weight is 436 g/mol. The van der Waals surface area contributed by atoms with E-state index >= 15 is 0 Å². The van der Waals surface area contributed by atoms with Crippen molar-refractivity contribution < 1.29 is 9.47 Å². The minimum Gasteiger partial charge on any atom is -0.491 e. The Kier molecular flexibility index (Phi) is 6.49. The molecular formula is C26H33N3O3. The number of hydrogen-bond donors (Lipinski definition) is 0. The van der Waals surface area contributed by atoms with Gasteiger partial charge in [-0.25, -0.2) is 4.98 Å². The second kappa shape index (κ2) is 9.31. The first kappa shape index (κ1) is 22.3. The summed E-state index contributed by atoms with van der Waals surface area (Å²) in [7, 11) is 3.20. The molecule has 6 heteroatoms. The summed E-state index contributed by atoms with van der Waals surface area (Å²) >= 11 is 0. The van der Waals surface area contributed by atoms with Crippen molar-refractivity contribution in [1.29, 1.82) is 0 Å². The summed E-state index contributed by atoms with van der Waals surface area (Å²) in [4.78, 5) is 21.1. The van der Waals surface area contributed by atoms with Crippen LogP contribution in [0, 0.1) is 24.7 Å². The van der Waals surface area contributed by atoms with E-state index in [1.165, 1.54) is 42.9 Å². The monoisotopic (exact) mass is 435 g/mol. The van der Waals surface area contributed by atoms with Gasteiger partial charge in [-0.3, -0.25) is 4.79 Å². The Labute approximate surface area is 190 Å². The van der Waals surface area contributed by atoms with Gasteiger partial charge in [0.15, 0.2) is 5.75 Å². The van der Waals surface area contributed by atoms with Crippen molar-refractivity contribution in [2.75, 3.05) is 13.7 Å². The molecule has 4 rings (SSSR count). The quantitative estimate of drug-likeness (QED) is 0.621. The van der Waals surface area contributed by atoms with Crippen molar-refractivity contribution in [1.82, 2.24) is 14.5 Å². The molecule has 32 heavy (non-hydrogen) atoms. The number of pyridine rings is 1. The first-order chi connectivity index (χ1) is 15.4. The maximum atomic E-state index is 12.2. The summed E-state index contributed by atoms with van der Waals surface area (Å²) < 4.78 is 13.0. The number of allylic oxidation sites excluding steroid dienone is 4. The summed E-state index contributed by atoms with van der Waals surface area (Å²) in [5, 5.41) is 0. The van der Waals surface area contributed by atoms with Gasteiger partial charge < -0.3 is 14.0 Å². The molecule has 2 saturated carbocycles. The third-order valence-corrected chi connectivity index (χ3v) is 6.88. The van der Waals surface area contributed by atoms with Gasteiger partial charge in [0.1, 0.15) is 5.82 Å². The van der Waals surface area contributed by atoms with Crippen molar-refractivity contribution in [2.45, 2.75) is 46.5 Å². The number of aryl methyl sites for hydroxylation is 2. The van der Waals surface area contributed by atoms with Gasteiger partial charge in [0, 0.05) is 30.9 Å². The van der Waals surface area contributed by atoms with Gasteiger partial charge in [-0.2, -0.15) is 4.98 Å². The molecule has 0 radical (unpaired) electrons. The minimum atomic E-state index is -0.184. The molecule has 0 amide bonds. The third-order valence-electron chi connectivity index (χ3n) is 6.88. The second-order valence-electron chi connectivity index (χ2n) is 9.15. The van der Waals surface area contributed by atoms with E-state index in [0.717, 1.165) is 11.1 Å². The summed E-state index contributed by atoms with van der Waals surface area (Å²) in [6.45, 7) is 7.00. The Bertz CT molecular complexity index is 1110. The molecule has 2 aromatic heterocycles. The van der Waals surface area contributed by atoms with Gasteiger partial charge in [0.05, 0.1) is 19.3 Å². The second-order valence-corrected chi connectivity index (χ2v) is 9.15. The van der Waals surface area contributed by atoms with E-state index in [-0.39, 0.29) is 11.3 Å². The first-order valence-electron chi connectivity index (χ1n) is 11.5. The van der Waals surface area contributed by atoms with E-state index < -0.39 is 0 Å². The Balaban J connectivity index is 1.50. The third kappa shape index (κ3) is 4.64. The highest BCUT2D eigenvalue weighted by Gasteiger charge is 2.47. The number of nitrogens with zero attached hydrogens (tertiary/aromatic N) is 3. The number of methoxy groups -OCH3 is 1.